The van der Waals surface area contributed by atoms with E-state index in [1.165, 1.54) is 5.56 Å². The maximum Gasteiger partial charge on any atom is 0.105 e. The molecule has 2 rings (SSSR count). The van der Waals surface area contributed by atoms with E-state index in [-0.39, 0.29) is 0 Å². The van der Waals surface area contributed by atoms with Crippen LogP contribution in [0.5, 0.6) is 0 Å². The highest BCUT2D eigenvalue weighted by Gasteiger charge is 2.07. The normalized spacial score (nSPS) is 11.2. The summed E-state index contributed by atoms with van der Waals surface area (Å²) in [6.07, 6.45) is 1.74. The van der Waals surface area contributed by atoms with E-state index in [0.29, 0.717) is 0 Å². The van der Waals surface area contributed by atoms with E-state index in [4.69, 9.17) is 4.42 Å². The van der Waals surface area contributed by atoms with Crippen LogP contribution in [0.15, 0.2) is 34.9 Å². The van der Waals surface area contributed by atoms with Gasteiger partial charge in [0.1, 0.15) is 5.76 Å². The van der Waals surface area contributed by atoms with Gasteiger partial charge in [0.05, 0.1) is 17.7 Å². The molecule has 0 saturated heterocycles. The number of hydrogen-bond donors (Lipinski definition) is 1. The molecule has 2 aromatic heterocycles. The Labute approximate surface area is 114 Å². The SMILES string of the molecule is CNCc1cccc(CN(C)Cc2ccoc2C)n1. The molecule has 0 aliphatic rings. The molecule has 0 aliphatic heterocycles. The molecule has 1 N–H and O–H groups in total. The van der Waals surface area contributed by atoms with Crippen LogP contribution in [0.2, 0.25) is 0 Å². The van der Waals surface area contributed by atoms with Crippen molar-refractivity contribution in [3.05, 3.63) is 53.2 Å². The second-order valence-corrected chi connectivity index (χ2v) is 4.82. The summed E-state index contributed by atoms with van der Waals surface area (Å²) in [7, 11) is 4.03. The molecular formula is C15H21N3O. The number of hydrogen-bond acceptors (Lipinski definition) is 4. The number of nitrogens with one attached hydrogen (secondary N) is 1. The molecular weight excluding hydrogens is 238 g/mol. The van der Waals surface area contributed by atoms with Crippen molar-refractivity contribution in [1.29, 1.82) is 0 Å². The first-order valence-corrected chi connectivity index (χ1v) is 6.50. The lowest BCUT2D eigenvalue weighted by Gasteiger charge is -2.16. The molecule has 4 heteroatoms. The second-order valence-electron chi connectivity index (χ2n) is 4.82. The van der Waals surface area contributed by atoms with Gasteiger partial charge < -0.3 is 9.73 Å². The van der Waals surface area contributed by atoms with Crippen LogP contribution < -0.4 is 5.32 Å². The molecule has 0 spiro atoms. The minimum atomic E-state index is 0.804. The van der Waals surface area contributed by atoms with Crippen molar-refractivity contribution in [2.45, 2.75) is 26.6 Å². The minimum Gasteiger partial charge on any atom is -0.469 e. The van der Waals surface area contributed by atoms with E-state index in [9.17, 15) is 0 Å². The van der Waals surface area contributed by atoms with Crippen molar-refractivity contribution >= 4 is 0 Å². The Balaban J connectivity index is 1.96. The summed E-state index contributed by atoms with van der Waals surface area (Å²) in [4.78, 5) is 6.87. The zero-order valence-corrected chi connectivity index (χ0v) is 11.8. The van der Waals surface area contributed by atoms with Crippen molar-refractivity contribution in [3.63, 3.8) is 0 Å². The first kappa shape index (κ1) is 13.8. The standard InChI is InChI=1S/C15H21N3O/c1-12-13(7-8-19-12)10-18(3)11-15-6-4-5-14(17-15)9-16-2/h4-8,16H,9-11H2,1-3H3. The molecule has 0 aromatic carbocycles. The van der Waals surface area contributed by atoms with Crippen molar-refractivity contribution < 1.29 is 4.42 Å². The smallest absolute Gasteiger partial charge is 0.105 e. The molecule has 102 valence electrons. The first-order valence-electron chi connectivity index (χ1n) is 6.50. The molecule has 0 amide bonds. The fourth-order valence-corrected chi connectivity index (χ4v) is 2.10. The zero-order chi connectivity index (χ0) is 13.7. The van der Waals surface area contributed by atoms with Gasteiger partial charge in [-0.1, -0.05) is 6.07 Å². The highest BCUT2D eigenvalue weighted by atomic mass is 16.3. The summed E-state index contributed by atoms with van der Waals surface area (Å²) in [5.41, 5.74) is 3.40. The van der Waals surface area contributed by atoms with Crippen molar-refractivity contribution in [3.8, 4) is 0 Å². The van der Waals surface area contributed by atoms with Gasteiger partial charge in [0, 0.05) is 25.2 Å². The first-order chi connectivity index (χ1) is 9.19. The minimum absolute atomic E-state index is 0.804. The highest BCUT2D eigenvalue weighted by Crippen LogP contribution is 2.12. The number of aromatic nitrogens is 1. The predicted octanol–water partition coefficient (Wildman–Crippen LogP) is 2.33. The Hall–Kier alpha value is -1.65. The lowest BCUT2D eigenvalue weighted by Crippen LogP contribution is -2.18. The molecule has 2 heterocycles. The number of rotatable bonds is 6. The molecule has 0 radical (unpaired) electrons. The molecule has 0 unspecified atom stereocenters. The molecule has 4 nitrogen and oxygen atoms in total. The largest absolute Gasteiger partial charge is 0.469 e. The van der Waals surface area contributed by atoms with E-state index >= 15 is 0 Å². The number of pyridine rings is 1. The van der Waals surface area contributed by atoms with Gasteiger partial charge in [-0.25, -0.2) is 0 Å². The summed E-state index contributed by atoms with van der Waals surface area (Å²) in [6.45, 7) is 4.51. The topological polar surface area (TPSA) is 41.3 Å². The summed E-state index contributed by atoms with van der Waals surface area (Å²) in [5, 5.41) is 3.12. The van der Waals surface area contributed by atoms with Crippen LogP contribution in [-0.4, -0.2) is 24.0 Å². The van der Waals surface area contributed by atoms with Gasteiger partial charge in [-0.2, -0.15) is 0 Å². The lowest BCUT2D eigenvalue weighted by molar-refractivity contribution is 0.312. The van der Waals surface area contributed by atoms with Crippen LogP contribution >= 0.6 is 0 Å². The average Bonchev–Trinajstić information content (AvgIpc) is 2.76. The Bertz CT molecular complexity index is 522. The maximum absolute atomic E-state index is 5.32. The third kappa shape index (κ3) is 3.91. The number of furan rings is 1. The van der Waals surface area contributed by atoms with Crippen LogP contribution in [0.3, 0.4) is 0 Å². The lowest BCUT2D eigenvalue weighted by atomic mass is 10.2. The van der Waals surface area contributed by atoms with Gasteiger partial charge in [0.25, 0.3) is 0 Å². The van der Waals surface area contributed by atoms with E-state index in [0.717, 1.165) is 36.8 Å². The molecule has 2 aromatic rings. The van der Waals surface area contributed by atoms with Crippen LogP contribution in [0, 0.1) is 6.92 Å². The van der Waals surface area contributed by atoms with Crippen LogP contribution in [0.25, 0.3) is 0 Å². The molecule has 19 heavy (non-hydrogen) atoms. The van der Waals surface area contributed by atoms with Crippen LogP contribution in [0.1, 0.15) is 22.7 Å². The fourth-order valence-electron chi connectivity index (χ4n) is 2.10. The van der Waals surface area contributed by atoms with Gasteiger partial charge >= 0.3 is 0 Å². The summed E-state index contributed by atoms with van der Waals surface area (Å²) in [5.74, 6) is 0.990. The fraction of sp³-hybridized carbons (Fsp3) is 0.400. The summed E-state index contributed by atoms with van der Waals surface area (Å²) >= 11 is 0. The molecule has 0 aliphatic carbocycles. The van der Waals surface area contributed by atoms with Crippen LogP contribution in [0.4, 0.5) is 0 Å². The number of aryl methyl sites for hydroxylation is 1. The third-order valence-electron chi connectivity index (χ3n) is 3.06. The van der Waals surface area contributed by atoms with Gasteiger partial charge in [-0.15, -0.1) is 0 Å². The van der Waals surface area contributed by atoms with Gasteiger partial charge in [0.2, 0.25) is 0 Å². The van der Waals surface area contributed by atoms with Crippen molar-refractivity contribution in [2.24, 2.45) is 0 Å². The quantitative estimate of drug-likeness (QED) is 0.864. The second kappa shape index (κ2) is 6.50. The van der Waals surface area contributed by atoms with E-state index < -0.39 is 0 Å². The highest BCUT2D eigenvalue weighted by molar-refractivity contribution is 5.16. The van der Waals surface area contributed by atoms with E-state index in [1.807, 2.05) is 26.1 Å². The molecule has 0 atom stereocenters. The van der Waals surface area contributed by atoms with Crippen molar-refractivity contribution in [2.75, 3.05) is 14.1 Å². The number of nitrogens with zero attached hydrogens (tertiary/aromatic N) is 2. The Morgan fingerprint density at radius 3 is 2.68 bits per heavy atom. The summed E-state index contributed by atoms with van der Waals surface area (Å²) in [6, 6.07) is 8.20. The zero-order valence-electron chi connectivity index (χ0n) is 11.8. The maximum atomic E-state index is 5.32. The van der Waals surface area contributed by atoms with Gasteiger partial charge in [0.15, 0.2) is 0 Å². The van der Waals surface area contributed by atoms with Crippen LogP contribution in [-0.2, 0) is 19.6 Å². The van der Waals surface area contributed by atoms with E-state index in [2.05, 4.69) is 34.4 Å². The van der Waals surface area contributed by atoms with E-state index in [1.54, 1.807) is 6.26 Å². The monoisotopic (exact) mass is 259 g/mol. The third-order valence-corrected chi connectivity index (χ3v) is 3.06. The predicted molar refractivity (Wildman–Crippen MR) is 75.6 cm³/mol. The Morgan fingerprint density at radius 1 is 1.21 bits per heavy atom. The molecule has 0 fully saturated rings. The van der Waals surface area contributed by atoms with Crippen molar-refractivity contribution in [1.82, 2.24) is 15.2 Å². The average molecular weight is 259 g/mol. The summed E-state index contributed by atoms with van der Waals surface area (Å²) < 4.78 is 5.32. The van der Waals surface area contributed by atoms with Gasteiger partial charge in [-0.05, 0) is 39.2 Å². The van der Waals surface area contributed by atoms with Gasteiger partial charge in [-0.3, -0.25) is 9.88 Å². The molecule has 0 saturated carbocycles. The Kier molecular flexibility index (Phi) is 4.71. The Morgan fingerprint density at radius 2 is 2.00 bits per heavy atom. The molecule has 0 bridgehead atoms.